The zero-order valence-corrected chi connectivity index (χ0v) is 17.3. The van der Waals surface area contributed by atoms with E-state index in [4.69, 9.17) is 4.42 Å². The molecule has 0 fully saturated rings. The van der Waals surface area contributed by atoms with Gasteiger partial charge in [-0.1, -0.05) is 36.9 Å². The number of thiophene rings is 1. The molecule has 7 heteroatoms. The van der Waals surface area contributed by atoms with Crippen LogP contribution in [0.5, 0.6) is 0 Å². The molecule has 5 rings (SSSR count). The van der Waals surface area contributed by atoms with Gasteiger partial charge in [0, 0.05) is 17.1 Å². The van der Waals surface area contributed by atoms with Crippen molar-refractivity contribution in [3.05, 3.63) is 46.3 Å². The van der Waals surface area contributed by atoms with Crippen molar-refractivity contribution >= 4 is 34.7 Å². The SMILES string of the molecule is CC1CCc2sc(-c3nnc(SCC(=O)N4CCc5ccccc54)o3)cc2C1. The second kappa shape index (κ2) is 7.37. The maximum absolute atomic E-state index is 12.6. The topological polar surface area (TPSA) is 59.2 Å². The standard InChI is InChI=1S/C21H21N3O2S2/c1-13-6-7-17-15(10-13)11-18(28-17)20-22-23-21(26-20)27-12-19(25)24-9-8-14-4-2-3-5-16(14)24/h2-5,11,13H,6-10,12H2,1H3. The summed E-state index contributed by atoms with van der Waals surface area (Å²) in [7, 11) is 0. The smallest absolute Gasteiger partial charge is 0.277 e. The molecule has 1 amide bonds. The number of fused-ring (bicyclic) bond motifs is 2. The molecule has 0 saturated carbocycles. The lowest BCUT2D eigenvalue weighted by atomic mass is 9.90. The average molecular weight is 412 g/mol. The Morgan fingerprint density at radius 2 is 2.18 bits per heavy atom. The monoisotopic (exact) mass is 411 g/mol. The summed E-state index contributed by atoms with van der Waals surface area (Å²) in [5.41, 5.74) is 3.68. The van der Waals surface area contributed by atoms with Gasteiger partial charge in [-0.25, -0.2) is 0 Å². The number of para-hydroxylation sites is 1. The number of amides is 1. The van der Waals surface area contributed by atoms with Crippen molar-refractivity contribution in [2.45, 2.75) is 37.8 Å². The third kappa shape index (κ3) is 3.37. The summed E-state index contributed by atoms with van der Waals surface area (Å²) < 4.78 is 5.84. The minimum absolute atomic E-state index is 0.0790. The van der Waals surface area contributed by atoms with Crippen LogP contribution in [-0.2, 0) is 24.1 Å². The fourth-order valence-electron chi connectivity index (χ4n) is 3.98. The maximum Gasteiger partial charge on any atom is 0.277 e. The van der Waals surface area contributed by atoms with Crippen LogP contribution in [0.2, 0.25) is 0 Å². The third-order valence-electron chi connectivity index (χ3n) is 5.45. The molecule has 0 N–H and O–H groups in total. The molecule has 0 spiro atoms. The number of thioether (sulfide) groups is 1. The van der Waals surface area contributed by atoms with Crippen molar-refractivity contribution < 1.29 is 9.21 Å². The molecule has 2 aromatic heterocycles. The normalized spacial score (nSPS) is 18.2. The number of aryl methyl sites for hydroxylation is 1. The van der Waals surface area contributed by atoms with Gasteiger partial charge in [-0.2, -0.15) is 0 Å². The number of anilines is 1. The number of carbonyl (C=O) groups excluding carboxylic acids is 1. The molecule has 0 bridgehead atoms. The van der Waals surface area contributed by atoms with Gasteiger partial charge >= 0.3 is 0 Å². The van der Waals surface area contributed by atoms with Gasteiger partial charge in [0.25, 0.3) is 11.1 Å². The van der Waals surface area contributed by atoms with E-state index >= 15 is 0 Å². The Balaban J connectivity index is 1.25. The summed E-state index contributed by atoms with van der Waals surface area (Å²) >= 11 is 3.07. The number of hydrogen-bond acceptors (Lipinski definition) is 6. The van der Waals surface area contributed by atoms with E-state index in [1.165, 1.54) is 34.2 Å². The summed E-state index contributed by atoms with van der Waals surface area (Å²) in [6, 6.07) is 10.3. The summed E-state index contributed by atoms with van der Waals surface area (Å²) in [6.45, 7) is 3.05. The zero-order valence-electron chi connectivity index (χ0n) is 15.7. The summed E-state index contributed by atoms with van der Waals surface area (Å²) in [4.78, 5) is 17.0. The Morgan fingerprint density at radius 3 is 3.11 bits per heavy atom. The maximum atomic E-state index is 12.6. The Hall–Kier alpha value is -2.12. The Morgan fingerprint density at radius 1 is 1.29 bits per heavy atom. The Labute approximate surface area is 172 Å². The van der Waals surface area contributed by atoms with Gasteiger partial charge < -0.3 is 9.32 Å². The molecular formula is C21H21N3O2S2. The molecule has 3 heterocycles. The number of aromatic nitrogens is 2. The molecule has 1 unspecified atom stereocenters. The molecule has 1 aromatic carbocycles. The zero-order chi connectivity index (χ0) is 19.1. The van der Waals surface area contributed by atoms with Crippen molar-refractivity contribution in [3.63, 3.8) is 0 Å². The highest BCUT2D eigenvalue weighted by molar-refractivity contribution is 7.99. The van der Waals surface area contributed by atoms with Gasteiger partial charge in [-0.3, -0.25) is 4.79 Å². The number of carbonyl (C=O) groups is 1. The first-order valence-electron chi connectivity index (χ1n) is 9.64. The highest BCUT2D eigenvalue weighted by Gasteiger charge is 2.25. The van der Waals surface area contributed by atoms with Crippen LogP contribution >= 0.6 is 23.1 Å². The van der Waals surface area contributed by atoms with Gasteiger partial charge in [-0.05, 0) is 54.9 Å². The predicted molar refractivity (Wildman–Crippen MR) is 112 cm³/mol. The minimum atomic E-state index is 0.0790. The average Bonchev–Trinajstić information content (AvgIpc) is 3.43. The first kappa shape index (κ1) is 17.9. The summed E-state index contributed by atoms with van der Waals surface area (Å²) in [6.07, 6.45) is 4.44. The van der Waals surface area contributed by atoms with Gasteiger partial charge in [0.05, 0.1) is 10.6 Å². The number of nitrogens with zero attached hydrogens (tertiary/aromatic N) is 3. The van der Waals surface area contributed by atoms with Crippen LogP contribution in [0.25, 0.3) is 10.8 Å². The molecule has 144 valence electrons. The van der Waals surface area contributed by atoms with Crippen molar-refractivity contribution in [1.29, 1.82) is 0 Å². The molecule has 3 aromatic rings. The van der Waals surface area contributed by atoms with Crippen molar-refractivity contribution in [1.82, 2.24) is 10.2 Å². The van der Waals surface area contributed by atoms with E-state index in [-0.39, 0.29) is 5.91 Å². The quantitative estimate of drug-likeness (QED) is 0.587. The second-order valence-corrected chi connectivity index (χ2v) is 9.56. The molecule has 28 heavy (non-hydrogen) atoms. The molecule has 1 aliphatic carbocycles. The molecule has 5 nitrogen and oxygen atoms in total. The van der Waals surface area contributed by atoms with Crippen LogP contribution in [0.1, 0.15) is 29.3 Å². The fraction of sp³-hybridized carbons (Fsp3) is 0.381. The number of rotatable bonds is 4. The van der Waals surface area contributed by atoms with Crippen molar-refractivity contribution in [3.8, 4) is 10.8 Å². The first-order valence-corrected chi connectivity index (χ1v) is 11.4. The lowest BCUT2D eigenvalue weighted by Crippen LogP contribution is -2.30. The van der Waals surface area contributed by atoms with E-state index in [1.807, 2.05) is 23.1 Å². The highest BCUT2D eigenvalue weighted by Crippen LogP contribution is 2.37. The molecule has 1 aliphatic heterocycles. The van der Waals surface area contributed by atoms with Crippen LogP contribution in [-0.4, -0.2) is 28.4 Å². The Kier molecular flexibility index (Phi) is 4.72. The lowest BCUT2D eigenvalue weighted by Gasteiger charge is -2.16. The summed E-state index contributed by atoms with van der Waals surface area (Å²) in [5.74, 6) is 1.68. The van der Waals surface area contributed by atoms with E-state index in [0.29, 0.717) is 16.9 Å². The van der Waals surface area contributed by atoms with Crippen molar-refractivity contribution in [2.24, 2.45) is 5.92 Å². The molecule has 1 atom stereocenters. The molecule has 0 radical (unpaired) electrons. The third-order valence-corrected chi connectivity index (χ3v) is 7.48. The molecular weight excluding hydrogens is 390 g/mol. The fourth-order valence-corrected chi connectivity index (χ4v) is 5.75. The minimum Gasteiger partial charge on any atom is -0.410 e. The number of benzene rings is 1. The highest BCUT2D eigenvalue weighted by atomic mass is 32.2. The molecule has 0 saturated heterocycles. The van der Waals surface area contributed by atoms with E-state index < -0.39 is 0 Å². The van der Waals surface area contributed by atoms with E-state index in [0.717, 1.165) is 42.3 Å². The van der Waals surface area contributed by atoms with Crippen LogP contribution in [0.3, 0.4) is 0 Å². The van der Waals surface area contributed by atoms with Gasteiger partial charge in [0.15, 0.2) is 0 Å². The largest absolute Gasteiger partial charge is 0.410 e. The Bertz CT molecular complexity index is 1030. The van der Waals surface area contributed by atoms with Gasteiger partial charge in [-0.15, -0.1) is 21.5 Å². The van der Waals surface area contributed by atoms with Crippen LogP contribution in [0.4, 0.5) is 5.69 Å². The van der Waals surface area contributed by atoms with Gasteiger partial charge in [0.1, 0.15) is 0 Å². The van der Waals surface area contributed by atoms with Crippen LogP contribution < -0.4 is 4.90 Å². The first-order chi connectivity index (χ1) is 13.7. The van der Waals surface area contributed by atoms with Crippen LogP contribution in [0.15, 0.2) is 40.0 Å². The van der Waals surface area contributed by atoms with Crippen molar-refractivity contribution in [2.75, 3.05) is 17.2 Å². The van der Waals surface area contributed by atoms with E-state index in [2.05, 4.69) is 29.3 Å². The summed E-state index contributed by atoms with van der Waals surface area (Å²) in [5, 5.41) is 8.80. The predicted octanol–water partition coefficient (Wildman–Crippen LogP) is 4.60. The van der Waals surface area contributed by atoms with E-state index in [9.17, 15) is 4.79 Å². The number of hydrogen-bond donors (Lipinski definition) is 0. The second-order valence-electron chi connectivity index (χ2n) is 7.49. The van der Waals surface area contributed by atoms with Gasteiger partial charge in [0.2, 0.25) is 5.91 Å². The van der Waals surface area contributed by atoms with E-state index in [1.54, 1.807) is 11.3 Å². The molecule has 2 aliphatic rings. The van der Waals surface area contributed by atoms with Crippen LogP contribution in [0, 0.1) is 5.92 Å². The lowest BCUT2D eigenvalue weighted by molar-refractivity contribution is -0.116.